The molecular weight excluding hydrogens is 348 g/mol. The van der Waals surface area contributed by atoms with Crippen molar-refractivity contribution < 1.29 is 14.3 Å². The Balaban J connectivity index is 1.67. The van der Waals surface area contributed by atoms with Gasteiger partial charge < -0.3 is 15.0 Å². The fraction of sp³-hybridized carbons (Fsp3) is 0.300. The number of aryl methyl sites for hydroxylation is 1. The highest BCUT2D eigenvalue weighted by Crippen LogP contribution is 2.32. The topological polar surface area (TPSA) is 58.6 Å². The van der Waals surface area contributed by atoms with Crippen LogP contribution in [0.25, 0.3) is 0 Å². The summed E-state index contributed by atoms with van der Waals surface area (Å²) >= 11 is 1.51. The molecule has 0 saturated heterocycles. The Hall–Kier alpha value is -2.60. The fourth-order valence-corrected chi connectivity index (χ4v) is 3.72. The summed E-state index contributed by atoms with van der Waals surface area (Å²) in [6, 6.07) is 13.3. The van der Waals surface area contributed by atoms with Crippen molar-refractivity contribution in [3.8, 4) is 0 Å². The number of rotatable bonds is 6. The van der Waals surface area contributed by atoms with Gasteiger partial charge in [0.25, 0.3) is 0 Å². The molecule has 1 aromatic carbocycles. The van der Waals surface area contributed by atoms with Crippen molar-refractivity contribution in [3.63, 3.8) is 0 Å². The number of nitrogens with zero attached hydrogens (tertiary/aromatic N) is 1. The van der Waals surface area contributed by atoms with Crippen molar-refractivity contribution in [1.29, 1.82) is 0 Å². The van der Waals surface area contributed by atoms with Crippen molar-refractivity contribution in [2.24, 2.45) is 0 Å². The second-order valence-corrected chi connectivity index (χ2v) is 7.16. The molecule has 2 heterocycles. The average Bonchev–Trinajstić information content (AvgIpc) is 3.18. The zero-order chi connectivity index (χ0) is 18.5. The number of nitrogens with one attached hydrogen (secondary N) is 1. The molecule has 0 spiro atoms. The highest BCUT2D eigenvalue weighted by Gasteiger charge is 2.35. The summed E-state index contributed by atoms with van der Waals surface area (Å²) < 4.78 is 5.52. The van der Waals surface area contributed by atoms with Gasteiger partial charge in [-0.3, -0.25) is 0 Å². The lowest BCUT2D eigenvalue weighted by Gasteiger charge is -2.32. The maximum atomic E-state index is 12.7. The summed E-state index contributed by atoms with van der Waals surface area (Å²) in [7, 11) is 1.65. The van der Waals surface area contributed by atoms with E-state index in [2.05, 4.69) is 17.4 Å². The number of allylic oxidation sites excluding steroid dienone is 1. The number of hydrogen-bond donors (Lipinski definition) is 1. The Morgan fingerprint density at radius 2 is 2.00 bits per heavy atom. The Morgan fingerprint density at radius 1 is 1.23 bits per heavy atom. The largest absolute Gasteiger partial charge is 0.462 e. The van der Waals surface area contributed by atoms with Gasteiger partial charge in [0.2, 0.25) is 0 Å². The molecule has 1 aromatic heterocycles. The summed E-state index contributed by atoms with van der Waals surface area (Å²) in [6.45, 7) is 2.12. The molecule has 136 valence electrons. The molecule has 0 fully saturated rings. The third kappa shape index (κ3) is 3.96. The molecular formula is C20H22N2O3S. The van der Waals surface area contributed by atoms with Gasteiger partial charge in [0.05, 0.1) is 18.2 Å². The lowest BCUT2D eigenvalue weighted by Crippen LogP contribution is -2.46. The van der Waals surface area contributed by atoms with Crippen LogP contribution in [0.2, 0.25) is 0 Å². The number of carbonyl (C=O) groups is 2. The Bertz CT molecular complexity index is 800. The van der Waals surface area contributed by atoms with E-state index in [0.717, 1.165) is 17.7 Å². The first-order valence-corrected chi connectivity index (χ1v) is 9.45. The smallest absolute Gasteiger partial charge is 0.338 e. The van der Waals surface area contributed by atoms with Gasteiger partial charge in [-0.15, -0.1) is 11.3 Å². The van der Waals surface area contributed by atoms with Crippen LogP contribution in [0, 0.1) is 0 Å². The van der Waals surface area contributed by atoms with Gasteiger partial charge >= 0.3 is 12.0 Å². The zero-order valence-corrected chi connectivity index (χ0v) is 15.7. The van der Waals surface area contributed by atoms with Gasteiger partial charge in [0.1, 0.15) is 0 Å². The van der Waals surface area contributed by atoms with Gasteiger partial charge in [0, 0.05) is 17.6 Å². The van der Waals surface area contributed by atoms with Crippen LogP contribution in [0.15, 0.2) is 59.1 Å². The van der Waals surface area contributed by atoms with Crippen molar-refractivity contribution in [3.05, 3.63) is 69.6 Å². The quantitative estimate of drug-likeness (QED) is 0.620. The molecule has 0 saturated carbocycles. The van der Waals surface area contributed by atoms with Gasteiger partial charge in [-0.1, -0.05) is 36.4 Å². The Labute approximate surface area is 157 Å². The van der Waals surface area contributed by atoms with E-state index in [4.69, 9.17) is 4.74 Å². The summed E-state index contributed by atoms with van der Waals surface area (Å²) in [6.07, 6.45) is 1.62. The summed E-state index contributed by atoms with van der Waals surface area (Å²) in [5, 5.41) is 4.81. The number of amides is 2. The van der Waals surface area contributed by atoms with E-state index in [1.54, 1.807) is 14.0 Å². The molecule has 2 aromatic rings. The molecule has 2 amide bonds. The SMILES string of the molecule is CC1=C(C(=O)OCCCc2ccccc2)[C@H](c2cccs2)NC(=O)N1C. The van der Waals surface area contributed by atoms with Gasteiger partial charge in [-0.25, -0.2) is 9.59 Å². The third-order valence-corrected chi connectivity index (χ3v) is 5.42. The minimum Gasteiger partial charge on any atom is -0.462 e. The maximum Gasteiger partial charge on any atom is 0.338 e. The first kappa shape index (κ1) is 18.2. The van der Waals surface area contributed by atoms with Crippen molar-refractivity contribution >= 4 is 23.3 Å². The molecule has 0 radical (unpaired) electrons. The van der Waals surface area contributed by atoms with E-state index < -0.39 is 6.04 Å². The fourth-order valence-electron chi connectivity index (χ4n) is 2.93. The normalized spacial score (nSPS) is 17.2. The van der Waals surface area contributed by atoms with Gasteiger partial charge in [-0.05, 0) is 36.8 Å². The monoisotopic (exact) mass is 370 g/mol. The lowest BCUT2D eigenvalue weighted by molar-refractivity contribution is -0.139. The summed E-state index contributed by atoms with van der Waals surface area (Å²) in [5.41, 5.74) is 2.34. The average molecular weight is 370 g/mol. The summed E-state index contributed by atoms with van der Waals surface area (Å²) in [4.78, 5) is 27.2. The van der Waals surface area contributed by atoms with Crippen molar-refractivity contribution in [1.82, 2.24) is 10.2 Å². The molecule has 1 atom stereocenters. The van der Waals surface area contributed by atoms with E-state index in [9.17, 15) is 9.59 Å². The number of thiophene rings is 1. The van der Waals surface area contributed by atoms with Crippen LogP contribution in [0.3, 0.4) is 0 Å². The molecule has 1 N–H and O–H groups in total. The molecule has 6 heteroatoms. The van der Waals surface area contributed by atoms with Crippen LogP contribution in [-0.4, -0.2) is 30.6 Å². The molecule has 0 unspecified atom stereocenters. The molecule has 0 bridgehead atoms. The zero-order valence-electron chi connectivity index (χ0n) is 14.9. The minimum absolute atomic E-state index is 0.221. The number of carbonyl (C=O) groups excluding carboxylic acids is 2. The van der Waals surface area contributed by atoms with Crippen LogP contribution in [-0.2, 0) is 16.0 Å². The predicted molar refractivity (Wildman–Crippen MR) is 102 cm³/mol. The molecule has 26 heavy (non-hydrogen) atoms. The van der Waals surface area contributed by atoms with Gasteiger partial charge in [0.15, 0.2) is 0 Å². The second kappa shape index (κ2) is 8.19. The van der Waals surface area contributed by atoms with E-state index >= 15 is 0 Å². The van der Waals surface area contributed by atoms with Crippen LogP contribution < -0.4 is 5.32 Å². The number of urea groups is 1. The lowest BCUT2D eigenvalue weighted by atomic mass is 10.0. The minimum atomic E-state index is -0.458. The number of hydrogen-bond acceptors (Lipinski definition) is 4. The molecule has 0 aliphatic carbocycles. The Morgan fingerprint density at radius 3 is 2.69 bits per heavy atom. The predicted octanol–water partition coefficient (Wildman–Crippen LogP) is 3.89. The van der Waals surface area contributed by atoms with Gasteiger partial charge in [-0.2, -0.15) is 0 Å². The van der Waals surface area contributed by atoms with E-state index in [1.165, 1.54) is 21.8 Å². The van der Waals surface area contributed by atoms with Crippen LogP contribution in [0.5, 0.6) is 0 Å². The Kier molecular flexibility index (Phi) is 5.73. The van der Waals surface area contributed by atoms with E-state index in [-0.39, 0.29) is 12.0 Å². The molecule has 1 aliphatic rings. The van der Waals surface area contributed by atoms with Crippen LogP contribution >= 0.6 is 11.3 Å². The first-order valence-electron chi connectivity index (χ1n) is 8.57. The van der Waals surface area contributed by atoms with Crippen LogP contribution in [0.1, 0.15) is 29.8 Å². The molecule has 3 rings (SSSR count). The summed E-state index contributed by atoms with van der Waals surface area (Å²) in [5.74, 6) is -0.374. The number of esters is 1. The number of ether oxygens (including phenoxy) is 1. The van der Waals surface area contributed by atoms with Crippen LogP contribution in [0.4, 0.5) is 4.79 Å². The van der Waals surface area contributed by atoms with Crippen molar-refractivity contribution in [2.45, 2.75) is 25.8 Å². The second-order valence-electron chi connectivity index (χ2n) is 6.18. The maximum absolute atomic E-state index is 12.7. The first-order chi connectivity index (χ1) is 12.6. The highest BCUT2D eigenvalue weighted by molar-refractivity contribution is 7.10. The standard InChI is InChI=1S/C20H22N2O3S/c1-14-17(18(16-11-7-13-26-16)21-20(24)22(14)2)19(23)25-12-6-10-15-8-4-3-5-9-15/h3-5,7-9,11,13,18H,6,10,12H2,1-2H3,(H,21,24)/t18-/m0/s1. The highest BCUT2D eigenvalue weighted by atomic mass is 32.1. The third-order valence-electron chi connectivity index (χ3n) is 4.49. The van der Waals surface area contributed by atoms with Crippen molar-refractivity contribution in [2.75, 3.05) is 13.7 Å². The molecule has 1 aliphatic heterocycles. The van der Waals surface area contributed by atoms with E-state index in [1.807, 2.05) is 35.7 Å². The number of benzene rings is 1. The molecule has 5 nitrogen and oxygen atoms in total. The van der Waals surface area contributed by atoms with E-state index in [0.29, 0.717) is 17.9 Å².